The molecule has 0 aliphatic heterocycles. The van der Waals surface area contributed by atoms with Crippen molar-refractivity contribution in [1.82, 2.24) is 5.32 Å². The number of carboxylic acids is 1. The van der Waals surface area contributed by atoms with E-state index in [-0.39, 0.29) is 17.5 Å². The first-order valence-electron chi connectivity index (χ1n) is 9.54. The van der Waals surface area contributed by atoms with Gasteiger partial charge in [0.1, 0.15) is 14.1 Å². The Kier molecular flexibility index (Phi) is 8.23. The van der Waals surface area contributed by atoms with Crippen LogP contribution >= 0.6 is 0 Å². The third kappa shape index (κ3) is 7.89. The summed E-state index contributed by atoms with van der Waals surface area (Å²) in [7, 11) is -2.04. The topological polar surface area (TPSA) is 66.4 Å². The van der Waals surface area contributed by atoms with Crippen LogP contribution in [-0.2, 0) is 28.4 Å². The summed E-state index contributed by atoms with van der Waals surface area (Å²) in [5.74, 6) is 0.317. The standard InChI is InChI=1S/C21H25F6NO3Si/c1-19(2,3)32(4,5)8-6-7-16(18(30)31)28-17(29)11-13-9-14(20(22,23)24)12-15(10-13)21(25,26)27/h9-10,12,16H,7,11H2,1-5H3,(H,28,29)(H,30,31)/t16-/m1/s1. The molecule has 1 aromatic carbocycles. The van der Waals surface area contributed by atoms with Crippen LogP contribution in [-0.4, -0.2) is 31.1 Å². The average molecular weight is 482 g/mol. The first-order valence-corrected chi connectivity index (χ1v) is 12.5. The van der Waals surface area contributed by atoms with Crippen LogP contribution in [0.2, 0.25) is 18.1 Å². The van der Waals surface area contributed by atoms with E-state index in [0.717, 1.165) is 0 Å². The highest BCUT2D eigenvalue weighted by atomic mass is 28.3. The molecule has 0 radical (unpaired) electrons. The fraction of sp³-hybridized carbons (Fsp3) is 0.524. The van der Waals surface area contributed by atoms with Crippen molar-refractivity contribution in [1.29, 1.82) is 0 Å². The maximum atomic E-state index is 13.0. The van der Waals surface area contributed by atoms with Gasteiger partial charge in [0.2, 0.25) is 5.91 Å². The summed E-state index contributed by atoms with van der Waals surface area (Å²) in [4.78, 5) is 23.6. The molecular weight excluding hydrogens is 456 g/mol. The van der Waals surface area contributed by atoms with Gasteiger partial charge in [-0.05, 0) is 28.8 Å². The molecule has 0 unspecified atom stereocenters. The summed E-state index contributed by atoms with van der Waals surface area (Å²) >= 11 is 0. The zero-order valence-corrected chi connectivity index (χ0v) is 19.3. The number of nitrogens with one attached hydrogen (secondary N) is 1. The van der Waals surface area contributed by atoms with Crippen molar-refractivity contribution >= 4 is 20.0 Å². The molecule has 1 rings (SSSR count). The van der Waals surface area contributed by atoms with Crippen molar-refractivity contribution in [3.05, 3.63) is 34.9 Å². The number of carbonyl (C=O) groups is 2. The number of carboxylic acid groups (broad SMARTS) is 1. The van der Waals surface area contributed by atoms with Gasteiger partial charge in [-0.15, -0.1) is 11.5 Å². The third-order valence-corrected chi connectivity index (χ3v) is 9.78. The molecule has 11 heteroatoms. The van der Waals surface area contributed by atoms with E-state index in [2.05, 4.69) is 16.8 Å². The van der Waals surface area contributed by atoms with Crippen LogP contribution in [0.1, 0.15) is 43.9 Å². The van der Waals surface area contributed by atoms with E-state index in [0.29, 0.717) is 12.1 Å². The molecule has 1 aromatic rings. The van der Waals surface area contributed by atoms with Crippen LogP contribution in [0.3, 0.4) is 0 Å². The lowest BCUT2D eigenvalue weighted by Crippen LogP contribution is -2.41. The summed E-state index contributed by atoms with van der Waals surface area (Å²) in [5, 5.41) is 11.3. The molecule has 4 nitrogen and oxygen atoms in total. The largest absolute Gasteiger partial charge is 0.480 e. The molecule has 178 valence electrons. The lowest BCUT2D eigenvalue weighted by atomic mass is 10.0. The Hall–Kier alpha value is -2.48. The predicted molar refractivity (Wildman–Crippen MR) is 109 cm³/mol. The summed E-state index contributed by atoms with van der Waals surface area (Å²) in [6, 6.07) is -0.630. The maximum Gasteiger partial charge on any atom is 0.416 e. The van der Waals surface area contributed by atoms with Crippen LogP contribution < -0.4 is 5.32 Å². The van der Waals surface area contributed by atoms with Gasteiger partial charge in [0.15, 0.2) is 0 Å². The van der Waals surface area contributed by atoms with Gasteiger partial charge in [0, 0.05) is 6.42 Å². The van der Waals surface area contributed by atoms with Crippen molar-refractivity contribution in [2.45, 2.75) is 70.1 Å². The van der Waals surface area contributed by atoms with Gasteiger partial charge in [0.25, 0.3) is 0 Å². The van der Waals surface area contributed by atoms with Gasteiger partial charge >= 0.3 is 18.3 Å². The van der Waals surface area contributed by atoms with Gasteiger partial charge in [-0.3, -0.25) is 4.79 Å². The molecule has 0 saturated carbocycles. The Balaban J connectivity index is 3.05. The number of rotatable bonds is 5. The first kappa shape index (κ1) is 27.6. The molecule has 2 N–H and O–H groups in total. The second-order valence-corrected chi connectivity index (χ2v) is 13.9. The van der Waals surface area contributed by atoms with Crippen LogP contribution in [0.4, 0.5) is 26.3 Å². The lowest BCUT2D eigenvalue weighted by Gasteiger charge is -2.31. The monoisotopic (exact) mass is 481 g/mol. The SMILES string of the molecule is CC(C)(C)[Si](C)(C)C#CC[C@@H](NC(=O)Cc1cc(C(F)(F)F)cc(C(F)(F)F)c1)C(=O)O. The van der Waals surface area contributed by atoms with Gasteiger partial charge in [-0.2, -0.15) is 26.3 Å². The number of benzene rings is 1. The first-order chi connectivity index (χ1) is 14.2. The zero-order chi connectivity index (χ0) is 25.1. The summed E-state index contributed by atoms with van der Waals surface area (Å²) in [5.41, 5.74) is -0.563. The Bertz CT molecular complexity index is 888. The van der Waals surface area contributed by atoms with Crippen LogP contribution in [0.15, 0.2) is 18.2 Å². The maximum absolute atomic E-state index is 13.0. The predicted octanol–water partition coefficient (Wildman–Crippen LogP) is 5.28. The molecule has 1 atom stereocenters. The van der Waals surface area contributed by atoms with E-state index in [4.69, 9.17) is 0 Å². The van der Waals surface area contributed by atoms with Crippen molar-refractivity contribution in [3.63, 3.8) is 0 Å². The fourth-order valence-corrected chi connectivity index (χ4v) is 3.23. The molecule has 32 heavy (non-hydrogen) atoms. The Morgan fingerprint density at radius 1 is 1.00 bits per heavy atom. The minimum atomic E-state index is -5.05. The second kappa shape index (κ2) is 9.56. The molecule has 0 bridgehead atoms. The number of hydrogen-bond donors (Lipinski definition) is 2. The molecule has 0 aromatic heterocycles. The van der Waals surface area contributed by atoms with E-state index in [1.807, 2.05) is 33.9 Å². The Morgan fingerprint density at radius 2 is 1.47 bits per heavy atom. The van der Waals surface area contributed by atoms with Crippen LogP contribution in [0.5, 0.6) is 0 Å². The minimum Gasteiger partial charge on any atom is -0.480 e. The second-order valence-electron chi connectivity index (χ2n) is 8.93. The number of amides is 1. The summed E-state index contributed by atoms with van der Waals surface area (Å²) < 4.78 is 77.7. The van der Waals surface area contributed by atoms with Crippen LogP contribution in [0, 0.1) is 11.5 Å². The highest BCUT2D eigenvalue weighted by Crippen LogP contribution is 2.37. The molecule has 0 fully saturated rings. The smallest absolute Gasteiger partial charge is 0.416 e. The molecule has 0 heterocycles. The van der Waals surface area contributed by atoms with Crippen LogP contribution in [0.25, 0.3) is 0 Å². The Labute approximate surface area is 183 Å². The molecular formula is C21H25F6NO3Si. The summed E-state index contributed by atoms with van der Waals surface area (Å²) in [6.45, 7) is 10.0. The summed E-state index contributed by atoms with van der Waals surface area (Å²) in [6.07, 6.45) is -11.2. The highest BCUT2D eigenvalue weighted by Gasteiger charge is 2.37. The molecule has 0 saturated heterocycles. The van der Waals surface area contributed by atoms with E-state index in [9.17, 15) is 41.0 Å². The minimum absolute atomic E-state index is 0.0437. The number of aliphatic carboxylic acids is 1. The quantitative estimate of drug-likeness (QED) is 0.342. The molecule has 0 aliphatic carbocycles. The average Bonchev–Trinajstić information content (AvgIpc) is 2.57. The van der Waals surface area contributed by atoms with Gasteiger partial charge in [0.05, 0.1) is 17.5 Å². The van der Waals surface area contributed by atoms with Crippen molar-refractivity contribution in [2.75, 3.05) is 0 Å². The highest BCUT2D eigenvalue weighted by molar-refractivity contribution is 6.87. The molecule has 1 amide bonds. The number of carbonyl (C=O) groups excluding carboxylic acids is 1. The van der Waals surface area contributed by atoms with E-state index in [1.165, 1.54) is 0 Å². The number of hydrogen-bond acceptors (Lipinski definition) is 2. The fourth-order valence-electron chi connectivity index (χ4n) is 2.31. The Morgan fingerprint density at radius 3 is 1.84 bits per heavy atom. The van der Waals surface area contributed by atoms with Crippen molar-refractivity contribution in [2.24, 2.45) is 0 Å². The third-order valence-electron chi connectivity index (χ3n) is 5.23. The number of halogens is 6. The normalized spacial score (nSPS) is 13.7. The number of alkyl halides is 6. The van der Waals surface area contributed by atoms with Gasteiger partial charge < -0.3 is 10.4 Å². The van der Waals surface area contributed by atoms with Gasteiger partial charge in [-0.25, -0.2) is 4.79 Å². The van der Waals surface area contributed by atoms with Crippen molar-refractivity contribution in [3.8, 4) is 11.5 Å². The van der Waals surface area contributed by atoms with E-state index < -0.39 is 61.5 Å². The van der Waals surface area contributed by atoms with E-state index >= 15 is 0 Å². The lowest BCUT2D eigenvalue weighted by molar-refractivity contribution is -0.143. The zero-order valence-electron chi connectivity index (χ0n) is 18.3. The molecule has 0 aliphatic rings. The van der Waals surface area contributed by atoms with Gasteiger partial charge in [-0.1, -0.05) is 33.9 Å². The van der Waals surface area contributed by atoms with Crippen molar-refractivity contribution < 1.29 is 41.0 Å². The van der Waals surface area contributed by atoms with E-state index in [1.54, 1.807) is 0 Å². The molecule has 0 spiro atoms.